The summed E-state index contributed by atoms with van der Waals surface area (Å²) < 4.78 is 4.00. The van der Waals surface area contributed by atoms with Gasteiger partial charge in [0.1, 0.15) is 6.04 Å². The Morgan fingerprint density at radius 2 is 1.78 bits per heavy atom. The van der Waals surface area contributed by atoms with Crippen molar-refractivity contribution in [3.63, 3.8) is 0 Å². The van der Waals surface area contributed by atoms with E-state index in [0.717, 1.165) is 19.6 Å². The summed E-state index contributed by atoms with van der Waals surface area (Å²) in [7, 11) is 1.77. The zero-order valence-corrected chi connectivity index (χ0v) is 22.3. The summed E-state index contributed by atoms with van der Waals surface area (Å²) in [5.74, 6) is -1.56. The minimum absolute atomic E-state index is 0.0582. The molecule has 1 unspecified atom stereocenters. The van der Waals surface area contributed by atoms with Crippen LogP contribution in [0.3, 0.4) is 0 Å². The Bertz CT molecular complexity index is 964. The number of amides is 3. The van der Waals surface area contributed by atoms with Gasteiger partial charge in [-0.1, -0.05) is 31.2 Å². The largest absolute Gasteiger partial charge is 0.394 e. The number of carbonyl (C=O) groups excluding carboxylic acids is 3. The van der Waals surface area contributed by atoms with Gasteiger partial charge in [-0.3, -0.25) is 19.3 Å². The molecule has 5 aliphatic heterocycles. The highest BCUT2D eigenvalue weighted by atomic mass is 32.2. The molecule has 3 saturated heterocycles. The summed E-state index contributed by atoms with van der Waals surface area (Å²) in [6.07, 6.45) is 8.66. The van der Waals surface area contributed by atoms with Crippen LogP contribution in [0.4, 0.5) is 0 Å². The van der Waals surface area contributed by atoms with Crippen LogP contribution in [0.25, 0.3) is 0 Å². The van der Waals surface area contributed by atoms with Crippen molar-refractivity contribution in [2.75, 3.05) is 66.1 Å². The van der Waals surface area contributed by atoms with Crippen LogP contribution in [-0.2, 0) is 19.1 Å². The van der Waals surface area contributed by atoms with E-state index in [0.29, 0.717) is 39.3 Å². The average Bonchev–Trinajstić information content (AvgIpc) is 3.15. The van der Waals surface area contributed by atoms with E-state index in [1.54, 1.807) is 28.6 Å². The van der Waals surface area contributed by atoms with Crippen molar-refractivity contribution in [2.45, 2.75) is 41.8 Å². The number of thioether (sulfide) groups is 1. The van der Waals surface area contributed by atoms with Gasteiger partial charge < -0.3 is 24.5 Å². The fourth-order valence-electron chi connectivity index (χ4n) is 6.72. The lowest BCUT2D eigenvalue weighted by atomic mass is 9.74. The van der Waals surface area contributed by atoms with Crippen molar-refractivity contribution in [1.82, 2.24) is 19.6 Å². The van der Waals surface area contributed by atoms with Crippen molar-refractivity contribution >= 4 is 29.5 Å². The van der Waals surface area contributed by atoms with Crippen LogP contribution in [0.15, 0.2) is 24.3 Å². The minimum Gasteiger partial charge on any atom is -0.394 e. The Morgan fingerprint density at radius 1 is 1.06 bits per heavy atom. The van der Waals surface area contributed by atoms with Crippen LogP contribution >= 0.6 is 11.8 Å². The van der Waals surface area contributed by atoms with Gasteiger partial charge in [0, 0.05) is 51.1 Å². The van der Waals surface area contributed by atoms with E-state index in [-0.39, 0.29) is 24.3 Å². The predicted molar refractivity (Wildman–Crippen MR) is 137 cm³/mol. The molecule has 0 aromatic rings. The molecule has 0 aromatic carbocycles. The first-order valence-corrected chi connectivity index (χ1v) is 13.9. The molecule has 0 radical (unpaired) electrons. The van der Waals surface area contributed by atoms with E-state index in [9.17, 15) is 19.5 Å². The second-order valence-corrected chi connectivity index (χ2v) is 12.5. The molecule has 3 amide bonds. The molecule has 1 spiro atoms. The van der Waals surface area contributed by atoms with Crippen molar-refractivity contribution < 1.29 is 24.2 Å². The second-order valence-electron chi connectivity index (χ2n) is 10.7. The standard InChI is InChI=1S/C26H38N4O5S/c1-4-18(17-31)30-21-24(34)29(12-11-28-13-15-35-16-14-28)10-6-8-26(21)20(23(30)33)19-22(32)27(3)9-5-7-25(19,2)36-26/h5-8,18-21,31H,4,9-17H2,1-3H3/t18-,19-,20-,21?,25+,26-/m0/s1. The van der Waals surface area contributed by atoms with Gasteiger partial charge >= 0.3 is 0 Å². The molecule has 3 fully saturated rings. The summed E-state index contributed by atoms with van der Waals surface area (Å²) in [5.41, 5.74) is 0. The SMILES string of the molecule is CC[C@@H](CO)N1C(=O)[C@@H]2[C@H]3C(=O)N(C)CC=C[C@@]3(C)S[C@@]23C=CCN(CCN2CCOCC2)C(=O)C13. The first kappa shape index (κ1) is 25.8. The number of nitrogens with zero attached hydrogens (tertiary/aromatic N) is 4. The van der Waals surface area contributed by atoms with Crippen LogP contribution in [-0.4, -0.2) is 130 Å². The molecule has 0 saturated carbocycles. The summed E-state index contributed by atoms with van der Waals surface area (Å²) in [6.45, 7) is 9.11. The molecular weight excluding hydrogens is 480 g/mol. The van der Waals surface area contributed by atoms with Crippen LogP contribution in [0.1, 0.15) is 20.3 Å². The van der Waals surface area contributed by atoms with Gasteiger partial charge in [0.15, 0.2) is 0 Å². The first-order valence-electron chi connectivity index (χ1n) is 13.1. The number of rotatable bonds is 6. The van der Waals surface area contributed by atoms with E-state index in [2.05, 4.69) is 11.0 Å². The fourth-order valence-corrected chi connectivity index (χ4v) is 8.87. The Balaban J connectivity index is 1.54. The highest BCUT2D eigenvalue weighted by Crippen LogP contribution is 2.65. The van der Waals surface area contributed by atoms with Gasteiger partial charge in [0.2, 0.25) is 17.7 Å². The molecule has 10 heteroatoms. The Kier molecular flexibility index (Phi) is 6.99. The Hall–Kier alpha value is -1.88. The van der Waals surface area contributed by atoms with Gasteiger partial charge in [0.25, 0.3) is 0 Å². The number of morpholine rings is 1. The number of likely N-dealkylation sites (tertiary alicyclic amines) is 1. The smallest absolute Gasteiger partial charge is 0.247 e. The average molecular weight is 519 g/mol. The van der Waals surface area contributed by atoms with E-state index < -0.39 is 33.4 Å². The lowest BCUT2D eigenvalue weighted by Crippen LogP contribution is -2.57. The third kappa shape index (κ3) is 3.92. The molecule has 0 aliphatic carbocycles. The molecule has 36 heavy (non-hydrogen) atoms. The van der Waals surface area contributed by atoms with E-state index in [1.165, 1.54) is 0 Å². The summed E-state index contributed by atoms with van der Waals surface area (Å²) in [5, 5.41) is 10.2. The highest BCUT2D eigenvalue weighted by Gasteiger charge is 2.74. The topological polar surface area (TPSA) is 93.6 Å². The van der Waals surface area contributed by atoms with Gasteiger partial charge in [-0.15, -0.1) is 11.8 Å². The van der Waals surface area contributed by atoms with Crippen molar-refractivity contribution in [3.05, 3.63) is 24.3 Å². The summed E-state index contributed by atoms with van der Waals surface area (Å²) in [6, 6.07) is -1.22. The minimum atomic E-state index is -0.859. The van der Waals surface area contributed by atoms with Gasteiger partial charge in [-0.2, -0.15) is 0 Å². The predicted octanol–water partition coefficient (Wildman–Crippen LogP) is 0.204. The normalized spacial score (nSPS) is 37.6. The van der Waals surface area contributed by atoms with Gasteiger partial charge in [0.05, 0.1) is 42.4 Å². The molecule has 5 aliphatic rings. The van der Waals surface area contributed by atoms with Crippen LogP contribution in [0, 0.1) is 11.8 Å². The monoisotopic (exact) mass is 518 g/mol. The number of aliphatic hydroxyl groups excluding tert-OH is 1. The molecule has 5 heterocycles. The maximum absolute atomic E-state index is 14.3. The number of ether oxygens (including phenoxy) is 1. The number of fused-ring (bicyclic) bond motifs is 2. The number of carbonyl (C=O) groups is 3. The summed E-state index contributed by atoms with van der Waals surface area (Å²) in [4.78, 5) is 49.6. The molecule has 0 aromatic heterocycles. The molecule has 6 atom stereocenters. The highest BCUT2D eigenvalue weighted by molar-refractivity contribution is 8.02. The summed E-state index contributed by atoms with van der Waals surface area (Å²) >= 11 is 1.59. The molecule has 1 N–H and O–H groups in total. The molecule has 0 bridgehead atoms. The number of aliphatic hydroxyl groups is 1. The van der Waals surface area contributed by atoms with Crippen LogP contribution in [0.2, 0.25) is 0 Å². The van der Waals surface area contributed by atoms with Crippen molar-refractivity contribution in [3.8, 4) is 0 Å². The Labute approximate surface area is 217 Å². The first-order chi connectivity index (χ1) is 17.3. The lowest BCUT2D eigenvalue weighted by Gasteiger charge is -2.40. The van der Waals surface area contributed by atoms with Gasteiger partial charge in [-0.25, -0.2) is 0 Å². The lowest BCUT2D eigenvalue weighted by molar-refractivity contribution is -0.147. The zero-order valence-electron chi connectivity index (χ0n) is 21.5. The molecule has 9 nitrogen and oxygen atoms in total. The third-order valence-corrected chi connectivity index (χ3v) is 10.4. The number of hydrogen-bond donors (Lipinski definition) is 1. The maximum atomic E-state index is 14.3. The zero-order chi connectivity index (χ0) is 25.7. The van der Waals surface area contributed by atoms with Crippen molar-refractivity contribution in [1.29, 1.82) is 0 Å². The maximum Gasteiger partial charge on any atom is 0.247 e. The van der Waals surface area contributed by atoms with Crippen LogP contribution in [0.5, 0.6) is 0 Å². The Morgan fingerprint density at radius 3 is 2.47 bits per heavy atom. The molecular formula is C26H38N4O5S. The molecule has 198 valence electrons. The second kappa shape index (κ2) is 9.78. The number of likely N-dealkylation sites (N-methyl/N-ethyl adjacent to an activating group) is 1. The van der Waals surface area contributed by atoms with E-state index >= 15 is 0 Å². The van der Waals surface area contributed by atoms with Gasteiger partial charge in [-0.05, 0) is 13.3 Å². The molecule has 5 rings (SSSR count). The van der Waals surface area contributed by atoms with E-state index in [4.69, 9.17) is 4.74 Å². The number of hydrogen-bond acceptors (Lipinski definition) is 7. The van der Waals surface area contributed by atoms with Crippen LogP contribution < -0.4 is 0 Å². The van der Waals surface area contributed by atoms with E-state index in [1.807, 2.05) is 37.0 Å². The van der Waals surface area contributed by atoms with Crippen molar-refractivity contribution in [2.24, 2.45) is 11.8 Å². The fraction of sp³-hybridized carbons (Fsp3) is 0.731. The third-order valence-electron chi connectivity index (χ3n) is 8.65. The quantitative estimate of drug-likeness (QED) is 0.503.